The summed E-state index contributed by atoms with van der Waals surface area (Å²) in [6, 6.07) is 9.70. The predicted molar refractivity (Wildman–Crippen MR) is 185 cm³/mol. The number of rotatable bonds is 10. The third-order valence-electron chi connectivity index (χ3n) is 12.8. The smallest absolute Gasteiger partial charge is 0.464 e. The van der Waals surface area contributed by atoms with E-state index in [0.29, 0.717) is 51.0 Å². The number of amides is 3. The van der Waals surface area contributed by atoms with E-state index in [1.54, 1.807) is 11.2 Å². The number of hydrogen-bond acceptors (Lipinski definition) is 8. The van der Waals surface area contributed by atoms with Gasteiger partial charge in [-0.2, -0.15) is 5.26 Å². The molecule has 2 N–H and O–H groups in total. The number of hydrogen-bond donors (Lipinski definition) is 2. The van der Waals surface area contributed by atoms with E-state index in [-0.39, 0.29) is 35.0 Å². The number of urea groups is 1. The first kappa shape index (κ1) is 34.3. The van der Waals surface area contributed by atoms with E-state index < -0.39 is 24.6 Å². The summed E-state index contributed by atoms with van der Waals surface area (Å²) in [7, 11) is -0.611. The number of carbonyl (C=O) groups is 2. The number of likely N-dealkylation sites (tertiary alicyclic amines) is 1. The summed E-state index contributed by atoms with van der Waals surface area (Å²) in [6.07, 6.45) is 6.39. The van der Waals surface area contributed by atoms with Gasteiger partial charge >= 0.3 is 13.1 Å². The van der Waals surface area contributed by atoms with Crippen molar-refractivity contribution < 1.29 is 28.1 Å². The fourth-order valence-corrected chi connectivity index (χ4v) is 9.67. The second-order valence-corrected chi connectivity index (χ2v) is 16.4. The molecular formula is C37H52BN5O6. The Balaban J connectivity index is 1.01. The highest BCUT2D eigenvalue weighted by Gasteiger charge is 2.68. The van der Waals surface area contributed by atoms with E-state index in [1.165, 1.54) is 0 Å². The van der Waals surface area contributed by atoms with Gasteiger partial charge in [-0.1, -0.05) is 32.0 Å². The highest BCUT2D eigenvalue weighted by Crippen LogP contribution is 2.65. The number of para-hydroxylation sites is 1. The molecule has 3 aliphatic heterocycles. The minimum absolute atomic E-state index is 0.0120. The lowest BCUT2D eigenvalue weighted by molar-refractivity contribution is -0.199. The number of nitrogens with one attached hydrogen (secondary N) is 2. The Labute approximate surface area is 290 Å². The van der Waals surface area contributed by atoms with Crippen molar-refractivity contribution in [3.8, 4) is 6.07 Å². The Morgan fingerprint density at radius 2 is 1.92 bits per heavy atom. The lowest BCUT2D eigenvalue weighted by Gasteiger charge is -2.64. The van der Waals surface area contributed by atoms with E-state index in [1.807, 2.05) is 24.3 Å². The fraction of sp³-hybridized carbons (Fsp3) is 0.703. The molecule has 8 rings (SSSR count). The number of ether oxygens (including phenoxy) is 1. The van der Waals surface area contributed by atoms with Crippen molar-refractivity contribution in [3.63, 3.8) is 0 Å². The molecule has 0 spiro atoms. The molecule has 1 aromatic heterocycles. The molecule has 12 heteroatoms. The summed E-state index contributed by atoms with van der Waals surface area (Å²) >= 11 is 0. The first-order valence-electron chi connectivity index (χ1n) is 18.3. The zero-order valence-corrected chi connectivity index (χ0v) is 29.7. The predicted octanol–water partition coefficient (Wildman–Crippen LogP) is 4.54. The van der Waals surface area contributed by atoms with E-state index in [0.717, 1.165) is 55.3 Å². The van der Waals surface area contributed by atoms with Gasteiger partial charge in [0.25, 0.3) is 0 Å². The average molecular weight is 674 g/mol. The first-order valence-corrected chi connectivity index (χ1v) is 18.3. The third-order valence-corrected chi connectivity index (χ3v) is 12.8. The van der Waals surface area contributed by atoms with Crippen LogP contribution in [-0.4, -0.2) is 97.5 Å². The lowest BCUT2D eigenvalue weighted by Crippen LogP contribution is -2.65. The fourth-order valence-electron chi connectivity index (χ4n) is 9.67. The summed E-state index contributed by atoms with van der Waals surface area (Å²) in [5.41, 5.74) is 1.27. The molecule has 3 amide bonds. The van der Waals surface area contributed by atoms with Crippen molar-refractivity contribution in [3.05, 3.63) is 36.1 Å². The number of benzene rings is 1. The van der Waals surface area contributed by atoms with Crippen LogP contribution >= 0.6 is 0 Å². The van der Waals surface area contributed by atoms with Crippen LogP contribution in [0, 0.1) is 34.5 Å². The van der Waals surface area contributed by atoms with Gasteiger partial charge in [0.05, 0.1) is 43.2 Å². The molecule has 6 aliphatic rings. The van der Waals surface area contributed by atoms with Gasteiger partial charge in [0.1, 0.15) is 11.5 Å². The molecule has 1 aromatic carbocycles. The molecule has 3 saturated carbocycles. The van der Waals surface area contributed by atoms with E-state index >= 15 is 0 Å². The van der Waals surface area contributed by atoms with Gasteiger partial charge < -0.3 is 34.0 Å². The molecule has 3 aliphatic carbocycles. The number of fused-ring (bicyclic) bond motifs is 1. The summed E-state index contributed by atoms with van der Waals surface area (Å²) in [4.78, 5) is 31.5. The van der Waals surface area contributed by atoms with Gasteiger partial charge in [-0.05, 0) is 88.2 Å². The van der Waals surface area contributed by atoms with Crippen LogP contribution in [0.4, 0.5) is 4.79 Å². The standard InChI is InChI=1S/C37H52BN5O6/c1-35(2,42-13-15-46-16-14-42)20-25(21-39)33(44)43-12-8-9-27(43)22-40-34(45)41-32(17-24-23-47-29-11-7-6-10-28(24)29)38-48-31-19-26-18-30(36(26,3)4)37(31,5)49-38/h6-7,10-11,23,25-27,30-32H,8-9,12-20,22H2,1-5H3,(H2,40,41,45)/t25?,26-,27+,30-,31+,32-,37-/m0/s1. The average Bonchev–Trinajstić information content (AvgIpc) is 3.82. The van der Waals surface area contributed by atoms with Crippen molar-refractivity contribution in [2.75, 3.05) is 39.4 Å². The Kier molecular flexibility index (Phi) is 9.27. The Bertz CT molecular complexity index is 1580. The second kappa shape index (κ2) is 13.2. The van der Waals surface area contributed by atoms with Crippen molar-refractivity contribution in [2.24, 2.45) is 23.2 Å². The molecule has 2 aromatic rings. The normalized spacial score (nSPS) is 30.7. The number of morpholine rings is 1. The van der Waals surface area contributed by atoms with Gasteiger partial charge in [-0.3, -0.25) is 9.69 Å². The molecule has 11 nitrogen and oxygen atoms in total. The van der Waals surface area contributed by atoms with Crippen molar-refractivity contribution in [1.29, 1.82) is 5.26 Å². The maximum atomic E-state index is 13.7. The topological polar surface area (TPSA) is 129 Å². The monoisotopic (exact) mass is 673 g/mol. The highest BCUT2D eigenvalue weighted by atomic mass is 16.7. The lowest BCUT2D eigenvalue weighted by atomic mass is 9.43. The number of nitrogens with zero attached hydrogens (tertiary/aromatic N) is 3. The van der Waals surface area contributed by atoms with Gasteiger partial charge in [-0.25, -0.2) is 4.79 Å². The van der Waals surface area contributed by atoms with Gasteiger partial charge in [0.2, 0.25) is 5.91 Å². The summed E-state index contributed by atoms with van der Waals surface area (Å²) < 4.78 is 24.8. The van der Waals surface area contributed by atoms with E-state index in [2.05, 4.69) is 56.2 Å². The molecule has 0 radical (unpaired) electrons. The van der Waals surface area contributed by atoms with Crippen LogP contribution in [0.15, 0.2) is 34.9 Å². The molecular weight excluding hydrogens is 621 g/mol. The van der Waals surface area contributed by atoms with Crippen LogP contribution in [0.1, 0.15) is 72.3 Å². The number of carbonyl (C=O) groups excluding carboxylic acids is 2. The highest BCUT2D eigenvalue weighted by molar-refractivity contribution is 6.48. The molecule has 6 fully saturated rings. The molecule has 49 heavy (non-hydrogen) atoms. The van der Waals surface area contributed by atoms with Crippen LogP contribution < -0.4 is 10.6 Å². The number of furan rings is 1. The molecule has 2 bridgehead atoms. The van der Waals surface area contributed by atoms with Crippen LogP contribution in [0.25, 0.3) is 11.0 Å². The molecule has 264 valence electrons. The summed E-state index contributed by atoms with van der Waals surface area (Å²) in [5, 5.41) is 17.3. The Morgan fingerprint density at radius 3 is 2.67 bits per heavy atom. The Hall–Kier alpha value is -3.11. The van der Waals surface area contributed by atoms with Crippen molar-refractivity contribution in [1.82, 2.24) is 20.4 Å². The summed E-state index contributed by atoms with van der Waals surface area (Å²) in [6.45, 7) is 14.9. The molecule has 7 atom stereocenters. The van der Waals surface area contributed by atoms with E-state index in [4.69, 9.17) is 18.5 Å². The number of nitriles is 1. The van der Waals surface area contributed by atoms with Gasteiger partial charge in [0.15, 0.2) is 0 Å². The maximum absolute atomic E-state index is 13.7. The van der Waals surface area contributed by atoms with Crippen molar-refractivity contribution >= 4 is 30.0 Å². The summed E-state index contributed by atoms with van der Waals surface area (Å²) in [5.74, 6) is -0.341. The maximum Gasteiger partial charge on any atom is 0.482 e. The first-order chi connectivity index (χ1) is 23.4. The molecule has 3 saturated heterocycles. The quantitative estimate of drug-likeness (QED) is 0.352. The van der Waals surface area contributed by atoms with Crippen LogP contribution in [0.2, 0.25) is 0 Å². The zero-order valence-electron chi connectivity index (χ0n) is 29.7. The van der Waals surface area contributed by atoms with Crippen LogP contribution in [-0.2, 0) is 25.3 Å². The van der Waals surface area contributed by atoms with E-state index in [9.17, 15) is 14.9 Å². The minimum atomic E-state index is -0.751. The Morgan fingerprint density at radius 1 is 1.14 bits per heavy atom. The largest absolute Gasteiger partial charge is 0.482 e. The second-order valence-electron chi connectivity index (χ2n) is 16.4. The van der Waals surface area contributed by atoms with Gasteiger partial charge in [0, 0.05) is 43.1 Å². The zero-order chi connectivity index (χ0) is 34.6. The van der Waals surface area contributed by atoms with Crippen molar-refractivity contribution in [2.45, 2.75) is 102 Å². The molecule has 4 heterocycles. The van der Waals surface area contributed by atoms with Crippen LogP contribution in [0.3, 0.4) is 0 Å². The molecule has 1 unspecified atom stereocenters. The minimum Gasteiger partial charge on any atom is -0.464 e. The van der Waals surface area contributed by atoms with Crippen LogP contribution in [0.5, 0.6) is 0 Å². The third kappa shape index (κ3) is 6.37. The SMILES string of the molecule is CC1(C)[C@@H]2C[C@H]3OB([C@H](Cc4coc5ccccc45)NC(=O)NC[C@H]4CCCN4C(=O)C(C#N)CC(C)(C)N4CCOCC4)O[C@@]3(C)[C@H]1C2. The van der Waals surface area contributed by atoms with Gasteiger partial charge in [-0.15, -0.1) is 0 Å².